The monoisotopic (exact) mass is 416 g/mol. The van der Waals surface area contributed by atoms with Gasteiger partial charge in [0.2, 0.25) is 11.9 Å². The van der Waals surface area contributed by atoms with Crippen molar-refractivity contribution >= 4 is 11.9 Å². The summed E-state index contributed by atoms with van der Waals surface area (Å²) in [5.74, 6) is 0.905. The molecule has 2 aromatic rings. The predicted molar refractivity (Wildman–Crippen MR) is 112 cm³/mol. The zero-order chi connectivity index (χ0) is 21.5. The molecule has 2 heterocycles. The first kappa shape index (κ1) is 21.8. The van der Waals surface area contributed by atoms with Crippen LogP contribution in [0.3, 0.4) is 0 Å². The minimum absolute atomic E-state index is 0.125. The lowest BCUT2D eigenvalue weighted by Crippen LogP contribution is -2.42. The highest BCUT2D eigenvalue weighted by Crippen LogP contribution is 2.19. The second kappa shape index (κ2) is 10.2. The van der Waals surface area contributed by atoms with Gasteiger partial charge in [0.15, 0.2) is 0 Å². The number of nitrogens with one attached hydrogen (secondary N) is 1. The molecule has 1 fully saturated rings. The Balaban J connectivity index is 1.80. The maximum atomic E-state index is 12.8. The van der Waals surface area contributed by atoms with Gasteiger partial charge in [0.25, 0.3) is 5.56 Å². The summed E-state index contributed by atoms with van der Waals surface area (Å²) in [6.07, 6.45) is 0. The van der Waals surface area contributed by atoms with Gasteiger partial charge in [0, 0.05) is 26.3 Å². The first-order valence-corrected chi connectivity index (χ1v) is 9.87. The Bertz CT molecular complexity index is 924. The van der Waals surface area contributed by atoms with Gasteiger partial charge in [-0.1, -0.05) is 12.1 Å². The topological polar surface area (TPSA) is 94.9 Å². The summed E-state index contributed by atoms with van der Waals surface area (Å²) in [5.41, 5.74) is 1.16. The molecule has 1 aromatic carbocycles. The van der Waals surface area contributed by atoms with Crippen LogP contribution in [0.5, 0.6) is 5.75 Å². The van der Waals surface area contributed by atoms with E-state index in [1.54, 1.807) is 14.2 Å². The van der Waals surface area contributed by atoms with Crippen LogP contribution in [0.1, 0.15) is 24.2 Å². The van der Waals surface area contributed by atoms with Crippen molar-refractivity contribution < 1.29 is 19.0 Å². The molecule has 9 heteroatoms. The quantitative estimate of drug-likeness (QED) is 0.689. The van der Waals surface area contributed by atoms with Crippen LogP contribution in [-0.4, -0.2) is 56.0 Å². The van der Waals surface area contributed by atoms with E-state index in [0.717, 1.165) is 11.3 Å². The number of carbonyl (C=O) groups excluding carboxylic acids is 1. The molecule has 1 saturated heterocycles. The molecule has 30 heavy (non-hydrogen) atoms. The number of nitrogens with zero attached hydrogens (tertiary/aromatic N) is 3. The Labute approximate surface area is 175 Å². The van der Waals surface area contributed by atoms with Gasteiger partial charge in [-0.15, -0.1) is 0 Å². The number of carbonyl (C=O) groups is 1. The molecule has 0 spiro atoms. The van der Waals surface area contributed by atoms with Gasteiger partial charge in [-0.3, -0.25) is 14.2 Å². The molecule has 1 aliphatic heterocycles. The smallest absolute Gasteiger partial charge is 0.255 e. The van der Waals surface area contributed by atoms with E-state index in [2.05, 4.69) is 10.3 Å². The molecule has 9 nitrogen and oxygen atoms in total. The second-order valence-corrected chi connectivity index (χ2v) is 7.07. The average Bonchev–Trinajstić information content (AvgIpc) is 2.76. The van der Waals surface area contributed by atoms with Crippen molar-refractivity contribution in [2.45, 2.75) is 26.1 Å². The van der Waals surface area contributed by atoms with Gasteiger partial charge >= 0.3 is 0 Å². The summed E-state index contributed by atoms with van der Waals surface area (Å²) in [6.45, 7) is 4.28. The Kier molecular flexibility index (Phi) is 7.42. The number of morpholine rings is 1. The lowest BCUT2D eigenvalue weighted by molar-refractivity contribution is -0.122. The van der Waals surface area contributed by atoms with E-state index in [4.69, 9.17) is 14.2 Å². The van der Waals surface area contributed by atoms with E-state index in [9.17, 15) is 9.59 Å². The summed E-state index contributed by atoms with van der Waals surface area (Å²) in [5, 5.41) is 2.94. The molecule has 0 aliphatic carbocycles. The molecule has 0 bridgehead atoms. The van der Waals surface area contributed by atoms with Crippen LogP contribution in [0.4, 0.5) is 5.95 Å². The zero-order valence-corrected chi connectivity index (χ0v) is 17.6. The number of methoxy groups -OCH3 is 2. The Morgan fingerprint density at radius 1 is 1.27 bits per heavy atom. The van der Waals surface area contributed by atoms with Crippen LogP contribution in [-0.2, 0) is 27.4 Å². The highest BCUT2D eigenvalue weighted by atomic mass is 16.5. The summed E-state index contributed by atoms with van der Waals surface area (Å²) < 4.78 is 17.2. The van der Waals surface area contributed by atoms with Crippen molar-refractivity contribution in [3.63, 3.8) is 0 Å². The van der Waals surface area contributed by atoms with Crippen molar-refractivity contribution in [3.8, 4) is 5.75 Å². The standard InChI is InChI=1S/C21H28N4O5/c1-15(16-5-4-6-18(11-16)29-3)22-19(26)13-25-20(27)12-17(14-28-2)23-21(25)24-7-9-30-10-8-24/h4-6,11-12,15H,7-10,13-14H2,1-3H3,(H,22,26)/t15-/m0/s1. The Morgan fingerprint density at radius 2 is 2.03 bits per heavy atom. The molecular formula is C21H28N4O5. The van der Waals surface area contributed by atoms with Crippen molar-refractivity contribution in [1.82, 2.24) is 14.9 Å². The fourth-order valence-electron chi connectivity index (χ4n) is 3.34. The Hall–Kier alpha value is -2.91. The van der Waals surface area contributed by atoms with Crippen LogP contribution in [0.25, 0.3) is 0 Å². The van der Waals surface area contributed by atoms with E-state index in [0.29, 0.717) is 37.9 Å². The van der Waals surface area contributed by atoms with Gasteiger partial charge < -0.3 is 24.4 Å². The lowest BCUT2D eigenvalue weighted by atomic mass is 10.1. The SMILES string of the molecule is COCc1cc(=O)n(CC(=O)N[C@@H](C)c2cccc(OC)c2)c(N2CCOCC2)n1. The molecule has 0 saturated carbocycles. The normalized spacial score (nSPS) is 15.0. The third-order valence-electron chi connectivity index (χ3n) is 4.90. The summed E-state index contributed by atoms with van der Waals surface area (Å²) >= 11 is 0. The van der Waals surface area contributed by atoms with Gasteiger partial charge in [-0.05, 0) is 24.6 Å². The Morgan fingerprint density at radius 3 is 2.73 bits per heavy atom. The van der Waals surface area contributed by atoms with Gasteiger partial charge in [-0.2, -0.15) is 0 Å². The first-order valence-electron chi connectivity index (χ1n) is 9.87. The highest BCUT2D eigenvalue weighted by Gasteiger charge is 2.21. The molecule has 162 valence electrons. The van der Waals surface area contributed by atoms with E-state index in [1.165, 1.54) is 10.6 Å². The van der Waals surface area contributed by atoms with Crippen LogP contribution in [0.2, 0.25) is 0 Å². The van der Waals surface area contributed by atoms with E-state index in [-0.39, 0.29) is 30.7 Å². The van der Waals surface area contributed by atoms with Crippen LogP contribution in [0, 0.1) is 0 Å². The lowest BCUT2D eigenvalue weighted by Gasteiger charge is -2.30. The van der Waals surface area contributed by atoms with Gasteiger partial charge in [0.1, 0.15) is 12.3 Å². The number of ether oxygens (including phenoxy) is 3. The van der Waals surface area contributed by atoms with E-state index in [1.807, 2.05) is 36.1 Å². The maximum absolute atomic E-state index is 12.8. The zero-order valence-electron chi connectivity index (χ0n) is 17.6. The number of rotatable bonds is 8. The molecule has 0 unspecified atom stereocenters. The molecule has 1 aromatic heterocycles. The molecular weight excluding hydrogens is 388 g/mol. The van der Waals surface area contributed by atoms with Crippen molar-refractivity contribution in [2.75, 3.05) is 45.4 Å². The number of aromatic nitrogens is 2. The summed E-state index contributed by atoms with van der Waals surface area (Å²) in [6, 6.07) is 8.68. The number of hydrogen-bond donors (Lipinski definition) is 1. The molecule has 3 rings (SSSR count). The summed E-state index contributed by atoms with van der Waals surface area (Å²) in [7, 11) is 3.15. The average molecular weight is 416 g/mol. The van der Waals surface area contributed by atoms with E-state index >= 15 is 0 Å². The predicted octanol–water partition coefficient (Wildman–Crippen LogP) is 1.11. The highest BCUT2D eigenvalue weighted by molar-refractivity contribution is 5.76. The molecule has 1 aliphatic rings. The minimum Gasteiger partial charge on any atom is -0.497 e. The molecule has 0 radical (unpaired) electrons. The van der Waals surface area contributed by atoms with Crippen LogP contribution in [0.15, 0.2) is 35.1 Å². The minimum atomic E-state index is -0.289. The third kappa shape index (κ3) is 5.37. The van der Waals surface area contributed by atoms with Crippen molar-refractivity contribution in [1.29, 1.82) is 0 Å². The maximum Gasteiger partial charge on any atom is 0.255 e. The fourth-order valence-corrected chi connectivity index (χ4v) is 3.34. The summed E-state index contributed by atoms with van der Waals surface area (Å²) in [4.78, 5) is 32.0. The first-order chi connectivity index (χ1) is 14.5. The number of amides is 1. The second-order valence-electron chi connectivity index (χ2n) is 7.07. The fraction of sp³-hybridized carbons (Fsp3) is 0.476. The van der Waals surface area contributed by atoms with Crippen LogP contribution < -0.4 is 20.5 Å². The molecule has 1 amide bonds. The van der Waals surface area contributed by atoms with E-state index < -0.39 is 0 Å². The van der Waals surface area contributed by atoms with Crippen molar-refractivity contribution in [3.05, 3.63) is 51.9 Å². The van der Waals surface area contributed by atoms with Crippen molar-refractivity contribution in [2.24, 2.45) is 0 Å². The van der Waals surface area contributed by atoms with Crippen LogP contribution >= 0.6 is 0 Å². The van der Waals surface area contributed by atoms with Gasteiger partial charge in [-0.25, -0.2) is 4.98 Å². The number of hydrogen-bond acceptors (Lipinski definition) is 7. The number of benzene rings is 1. The largest absolute Gasteiger partial charge is 0.497 e. The third-order valence-corrected chi connectivity index (χ3v) is 4.90. The van der Waals surface area contributed by atoms with Gasteiger partial charge in [0.05, 0.1) is 38.7 Å². The number of anilines is 1. The molecule has 1 N–H and O–H groups in total. The molecule has 1 atom stereocenters.